The van der Waals surface area contributed by atoms with Gasteiger partial charge in [-0.15, -0.1) is 0 Å². The van der Waals surface area contributed by atoms with E-state index in [1.807, 2.05) is 13.8 Å². The maximum absolute atomic E-state index is 13.7. The van der Waals surface area contributed by atoms with Crippen LogP contribution in [0.4, 0.5) is 0 Å². The van der Waals surface area contributed by atoms with Gasteiger partial charge in [0.05, 0.1) is 25.3 Å². The van der Waals surface area contributed by atoms with Crippen molar-refractivity contribution in [3.63, 3.8) is 0 Å². The number of benzene rings is 1. The van der Waals surface area contributed by atoms with Crippen molar-refractivity contribution in [3.05, 3.63) is 29.8 Å². The van der Waals surface area contributed by atoms with Gasteiger partial charge in [0.25, 0.3) is 0 Å². The molecule has 9 atom stereocenters. The number of aromatic hydroxyl groups is 1. The number of carboxylic acids is 1. The van der Waals surface area contributed by atoms with E-state index in [2.05, 4.69) is 31.9 Å². The minimum absolute atomic E-state index is 0.0481. The number of phenols is 1. The number of rotatable bonds is 22. The highest BCUT2D eigenvalue weighted by Gasteiger charge is 2.41. The molecule has 0 radical (unpaired) electrons. The van der Waals surface area contributed by atoms with E-state index >= 15 is 0 Å². The molecule has 356 valence electrons. The summed E-state index contributed by atoms with van der Waals surface area (Å²) in [6.45, 7) is 8.24. The number of phenolic OH excluding ortho intramolecular Hbond substituents is 1. The van der Waals surface area contributed by atoms with Crippen LogP contribution in [0.15, 0.2) is 24.3 Å². The van der Waals surface area contributed by atoms with E-state index < -0.39 is 127 Å². The van der Waals surface area contributed by atoms with Gasteiger partial charge < -0.3 is 67.9 Å². The largest absolute Gasteiger partial charge is 0.508 e. The highest BCUT2D eigenvalue weighted by Crippen LogP contribution is 2.21. The minimum Gasteiger partial charge on any atom is -0.508 e. The lowest BCUT2D eigenvalue weighted by Gasteiger charge is -2.30. The van der Waals surface area contributed by atoms with Gasteiger partial charge in [-0.3, -0.25) is 43.2 Å². The van der Waals surface area contributed by atoms with Crippen LogP contribution in [0.1, 0.15) is 79.2 Å². The van der Waals surface area contributed by atoms with Gasteiger partial charge >= 0.3 is 5.97 Å². The maximum atomic E-state index is 13.7. The quantitative estimate of drug-likeness (QED) is 0.0552. The molecule has 0 bridgehead atoms. The number of hydrogen-bond donors (Lipinski definition) is 11. The fraction of sp³-hybridized carbons (Fsp3) is 0.643. The summed E-state index contributed by atoms with van der Waals surface area (Å²) >= 11 is 0. The Hall–Kier alpha value is -5.87. The lowest BCUT2D eigenvalue weighted by molar-refractivity contribution is -0.143. The summed E-state index contributed by atoms with van der Waals surface area (Å²) in [5.74, 6) is -7.80. The zero-order chi connectivity index (χ0) is 48.0. The predicted molar refractivity (Wildman–Crippen MR) is 228 cm³/mol. The van der Waals surface area contributed by atoms with Crippen LogP contribution < -0.4 is 37.6 Å². The number of aliphatic hydroxyl groups excluding tert-OH is 2. The van der Waals surface area contributed by atoms with Crippen molar-refractivity contribution in [1.29, 1.82) is 0 Å². The molecule has 0 spiro atoms. The third-order valence-electron chi connectivity index (χ3n) is 11.0. The third kappa shape index (κ3) is 14.9. The first-order valence-corrected chi connectivity index (χ1v) is 21.5. The Kier molecular flexibility index (Phi) is 19.9. The Morgan fingerprint density at radius 2 is 1.28 bits per heavy atom. The molecule has 8 amide bonds. The Labute approximate surface area is 371 Å². The van der Waals surface area contributed by atoms with Crippen LogP contribution in [0.3, 0.4) is 0 Å². The third-order valence-corrected chi connectivity index (χ3v) is 11.0. The lowest BCUT2D eigenvalue weighted by atomic mass is 10.0. The number of likely N-dealkylation sites (tertiary alicyclic amines) is 2. The number of nitrogens with two attached hydrogens (primary N) is 1. The zero-order valence-corrected chi connectivity index (χ0v) is 37.2. The normalized spacial score (nSPS) is 19.4. The first-order valence-electron chi connectivity index (χ1n) is 21.5. The van der Waals surface area contributed by atoms with E-state index in [0.717, 1.165) is 0 Å². The standard InChI is InChI=1S/C42H65N9O13/c1-21(2)17-28(46-35(56)27(43)18-25-11-13-26(54)14-12-25)36(57)47-29(20-52)41(62)51-16-8-9-30(51)37(58)44-19-32(55)50-15-7-10-31(50)38(59)48-33(22(3)4)39(60)49-34(24(6)53)40(61)45-23(5)42(63)64/h11-14,21-24,27-31,33-34,52-54H,7-10,15-20,43H2,1-6H3,(H,44,58)(H,45,61)(H,46,56)(H,47,57)(H,48,59)(H,49,60)(H,63,64)/t23-,24+,27-,28-,29-,30-,31-,33-,34-/m0/s1. The second-order valence-electron chi connectivity index (χ2n) is 17.1. The number of nitrogens with one attached hydrogen (secondary N) is 6. The van der Waals surface area contributed by atoms with Gasteiger partial charge in [0.2, 0.25) is 47.3 Å². The molecule has 2 aliphatic heterocycles. The first kappa shape index (κ1) is 52.5. The van der Waals surface area contributed by atoms with E-state index in [1.54, 1.807) is 26.0 Å². The van der Waals surface area contributed by atoms with E-state index in [1.165, 1.54) is 35.8 Å². The summed E-state index contributed by atoms with van der Waals surface area (Å²) < 4.78 is 0. The summed E-state index contributed by atoms with van der Waals surface area (Å²) in [4.78, 5) is 120. The molecule has 2 heterocycles. The highest BCUT2D eigenvalue weighted by atomic mass is 16.4. The number of aliphatic hydroxyl groups is 2. The Morgan fingerprint density at radius 1 is 0.719 bits per heavy atom. The number of amides is 8. The molecule has 2 fully saturated rings. The Morgan fingerprint density at radius 3 is 1.83 bits per heavy atom. The van der Waals surface area contributed by atoms with Crippen molar-refractivity contribution in [2.75, 3.05) is 26.2 Å². The number of nitrogens with zero attached hydrogens (tertiary/aromatic N) is 2. The molecule has 0 unspecified atom stereocenters. The maximum Gasteiger partial charge on any atom is 0.325 e. The molecule has 0 aliphatic carbocycles. The molecule has 64 heavy (non-hydrogen) atoms. The van der Waals surface area contributed by atoms with Gasteiger partial charge in [0.1, 0.15) is 48.0 Å². The van der Waals surface area contributed by atoms with Crippen LogP contribution in [-0.4, -0.2) is 164 Å². The fourth-order valence-electron chi connectivity index (χ4n) is 7.44. The second kappa shape index (κ2) is 24.3. The van der Waals surface area contributed by atoms with Crippen molar-refractivity contribution in [2.45, 2.75) is 135 Å². The van der Waals surface area contributed by atoms with Gasteiger partial charge in [-0.1, -0.05) is 39.8 Å². The monoisotopic (exact) mass is 903 g/mol. The van der Waals surface area contributed by atoms with Crippen molar-refractivity contribution >= 4 is 53.2 Å². The Balaban J connectivity index is 1.60. The molecule has 3 rings (SSSR count). The lowest BCUT2D eigenvalue weighted by Crippen LogP contribution is -2.61. The number of aliphatic carboxylic acids is 1. The zero-order valence-electron chi connectivity index (χ0n) is 37.2. The molecular weight excluding hydrogens is 839 g/mol. The molecule has 1 aromatic rings. The SMILES string of the molecule is CC(C)C[C@H](NC(=O)[C@@H](N)Cc1ccc(O)cc1)C(=O)N[C@@H](CO)C(=O)N1CCC[C@H]1C(=O)NCC(=O)N1CCC[C@H]1C(=O)N[C@H](C(=O)N[C@H](C(=O)N[C@@H](C)C(=O)O)[C@@H](C)O)C(C)C. The molecule has 1 aromatic carbocycles. The molecule has 22 nitrogen and oxygen atoms in total. The van der Waals surface area contributed by atoms with Crippen molar-refractivity contribution in [1.82, 2.24) is 41.7 Å². The fourth-order valence-corrected chi connectivity index (χ4v) is 7.44. The first-order chi connectivity index (χ1) is 30.0. The molecule has 22 heteroatoms. The van der Waals surface area contributed by atoms with Crippen LogP contribution in [-0.2, 0) is 49.6 Å². The number of carbonyl (C=O) groups is 9. The van der Waals surface area contributed by atoms with Gasteiger partial charge in [-0.2, -0.15) is 0 Å². The number of hydrogen-bond acceptors (Lipinski definition) is 13. The van der Waals surface area contributed by atoms with Crippen LogP contribution >= 0.6 is 0 Å². The van der Waals surface area contributed by atoms with Crippen LogP contribution in [0, 0.1) is 11.8 Å². The minimum atomic E-state index is -1.55. The average Bonchev–Trinajstić information content (AvgIpc) is 3.94. The Bertz CT molecular complexity index is 1840. The molecule has 12 N–H and O–H groups in total. The summed E-state index contributed by atoms with van der Waals surface area (Å²) in [5, 5.41) is 53.9. The van der Waals surface area contributed by atoms with Crippen molar-refractivity contribution < 1.29 is 63.6 Å². The van der Waals surface area contributed by atoms with E-state index in [4.69, 9.17) is 10.8 Å². The van der Waals surface area contributed by atoms with Gasteiger partial charge in [-0.25, -0.2) is 0 Å². The number of carboxylic acid groups (broad SMARTS) is 1. The van der Waals surface area contributed by atoms with Crippen molar-refractivity contribution in [3.8, 4) is 5.75 Å². The van der Waals surface area contributed by atoms with Crippen LogP contribution in [0.2, 0.25) is 0 Å². The van der Waals surface area contributed by atoms with Crippen molar-refractivity contribution in [2.24, 2.45) is 17.6 Å². The second-order valence-corrected chi connectivity index (χ2v) is 17.1. The van der Waals surface area contributed by atoms with E-state index in [0.29, 0.717) is 18.4 Å². The van der Waals surface area contributed by atoms with Gasteiger partial charge in [0.15, 0.2) is 0 Å². The topological polar surface area (TPSA) is 339 Å². The smallest absolute Gasteiger partial charge is 0.325 e. The molecule has 2 aliphatic rings. The van der Waals surface area contributed by atoms with Crippen LogP contribution in [0.5, 0.6) is 5.75 Å². The summed E-state index contributed by atoms with van der Waals surface area (Å²) in [6, 6.07) is -3.67. The summed E-state index contributed by atoms with van der Waals surface area (Å²) in [7, 11) is 0. The molecule has 0 saturated carbocycles. The van der Waals surface area contributed by atoms with Gasteiger partial charge in [-0.05, 0) is 81.9 Å². The summed E-state index contributed by atoms with van der Waals surface area (Å²) in [6.07, 6.45) is 0.138. The van der Waals surface area contributed by atoms with E-state index in [-0.39, 0.29) is 50.4 Å². The molecule has 2 saturated heterocycles. The summed E-state index contributed by atoms with van der Waals surface area (Å²) in [5.41, 5.74) is 6.80. The average molecular weight is 904 g/mol. The molecular formula is C42H65N9O13. The predicted octanol–water partition coefficient (Wildman–Crippen LogP) is -3.04. The highest BCUT2D eigenvalue weighted by molar-refractivity contribution is 5.98. The number of carbonyl (C=O) groups excluding carboxylic acids is 8. The van der Waals surface area contributed by atoms with Crippen LogP contribution in [0.25, 0.3) is 0 Å². The van der Waals surface area contributed by atoms with E-state index in [9.17, 15) is 58.5 Å². The molecule has 0 aromatic heterocycles. The van der Waals surface area contributed by atoms with Gasteiger partial charge in [0, 0.05) is 13.1 Å².